The van der Waals surface area contributed by atoms with Crippen LogP contribution in [0.25, 0.3) is 0 Å². The maximum absolute atomic E-state index is 12.7. The second kappa shape index (κ2) is 12.7. The summed E-state index contributed by atoms with van der Waals surface area (Å²) >= 11 is 0. The largest absolute Gasteiger partial charge is 0.444 e. The number of rotatable bonds is 1. The Kier molecular flexibility index (Phi) is 8.98. The molecule has 4 aliphatic heterocycles. The number of fused-ring (bicyclic) bond motifs is 9. The van der Waals surface area contributed by atoms with Gasteiger partial charge < -0.3 is 24.4 Å². The second-order valence-electron chi connectivity index (χ2n) is 12.1. The molecule has 0 radical (unpaired) electrons. The van der Waals surface area contributed by atoms with E-state index in [1.807, 2.05) is 39.8 Å². The molecule has 1 saturated heterocycles. The summed E-state index contributed by atoms with van der Waals surface area (Å²) in [5, 5.41) is 3.40. The fourth-order valence-corrected chi connectivity index (χ4v) is 5.42. The van der Waals surface area contributed by atoms with Crippen molar-refractivity contribution in [2.75, 3.05) is 49.6 Å². The zero-order valence-corrected chi connectivity index (χ0v) is 25.2. The van der Waals surface area contributed by atoms with Crippen LogP contribution in [0.2, 0.25) is 0 Å². The molecule has 6 rings (SSSR count). The second-order valence-corrected chi connectivity index (χ2v) is 12.1. The SMILES string of the molecule is C[C@@H]1Nc2ncc3c(n2)N(C(=O)OC3)[C@@H](C)C/C=C/COCC(N2CCN(C(=O)OC(C)(C)C)CC2)c2ccc1cc2. The third kappa shape index (κ3) is 7.01. The number of nitrogens with zero attached hydrogens (tertiary/aromatic N) is 5. The van der Waals surface area contributed by atoms with Gasteiger partial charge in [0.1, 0.15) is 18.0 Å². The molecular weight excluding hydrogens is 536 g/mol. The number of hydrogen-bond donors (Lipinski definition) is 1. The van der Waals surface area contributed by atoms with Gasteiger partial charge in [-0.15, -0.1) is 0 Å². The van der Waals surface area contributed by atoms with E-state index in [-0.39, 0.29) is 30.8 Å². The maximum Gasteiger partial charge on any atom is 0.416 e. The van der Waals surface area contributed by atoms with Crippen LogP contribution < -0.4 is 10.2 Å². The number of amides is 2. The Morgan fingerprint density at radius 3 is 2.48 bits per heavy atom. The molecule has 1 aromatic carbocycles. The molecule has 5 heterocycles. The van der Waals surface area contributed by atoms with Gasteiger partial charge in [-0.25, -0.2) is 14.6 Å². The number of benzene rings is 1. The smallest absolute Gasteiger partial charge is 0.416 e. The van der Waals surface area contributed by atoms with Crippen molar-refractivity contribution in [3.8, 4) is 0 Å². The highest BCUT2D eigenvalue weighted by Crippen LogP contribution is 2.30. The van der Waals surface area contributed by atoms with E-state index in [1.165, 1.54) is 0 Å². The fourth-order valence-electron chi connectivity index (χ4n) is 5.42. The standard InChI is InChI=1S/C31H42N6O5/c1-21-8-6-7-17-40-20-26(35-13-15-36(16-14-35)29(38)42-31(3,4)5)24-11-9-23(10-12-24)22(2)33-28-32-18-25-19-41-30(39)37(21)27(25)34-28/h6-7,9-12,18,21-22,26H,8,13-17,19-20H2,1-5H3,(H,32,33,34)/b7-6+/t21-,22-,26?/m0/s1. The molecule has 1 N–H and O–H groups in total. The zero-order valence-electron chi connectivity index (χ0n) is 25.2. The summed E-state index contributed by atoms with van der Waals surface area (Å²) in [6.45, 7) is 13.5. The van der Waals surface area contributed by atoms with Gasteiger partial charge in [0.2, 0.25) is 5.95 Å². The van der Waals surface area contributed by atoms with Crippen molar-refractivity contribution in [3.63, 3.8) is 0 Å². The molecule has 42 heavy (non-hydrogen) atoms. The van der Waals surface area contributed by atoms with Crippen LogP contribution >= 0.6 is 0 Å². The minimum absolute atomic E-state index is 0.0378. The Morgan fingerprint density at radius 1 is 1.05 bits per heavy atom. The topological polar surface area (TPSA) is 109 Å². The molecule has 0 aliphatic carbocycles. The summed E-state index contributed by atoms with van der Waals surface area (Å²) in [6.07, 6.45) is 5.69. The summed E-state index contributed by atoms with van der Waals surface area (Å²) in [5.41, 5.74) is 2.51. The number of carbonyl (C=O) groups is 2. The number of anilines is 2. The summed E-state index contributed by atoms with van der Waals surface area (Å²) < 4.78 is 17.1. The minimum atomic E-state index is -0.517. The van der Waals surface area contributed by atoms with Crippen LogP contribution in [-0.2, 0) is 20.8 Å². The Labute approximate surface area is 247 Å². The highest BCUT2D eigenvalue weighted by molar-refractivity contribution is 5.89. The molecule has 4 aliphatic rings. The van der Waals surface area contributed by atoms with Crippen LogP contribution in [0, 0.1) is 0 Å². The first-order valence-electron chi connectivity index (χ1n) is 14.7. The van der Waals surface area contributed by atoms with Gasteiger partial charge in [-0.05, 0) is 52.2 Å². The Hall–Kier alpha value is -3.70. The lowest BCUT2D eigenvalue weighted by molar-refractivity contribution is 0.00233. The molecule has 4 bridgehead atoms. The molecule has 1 unspecified atom stereocenters. The van der Waals surface area contributed by atoms with E-state index < -0.39 is 11.7 Å². The van der Waals surface area contributed by atoms with Gasteiger partial charge >= 0.3 is 12.2 Å². The number of ether oxygens (including phenoxy) is 3. The highest BCUT2D eigenvalue weighted by atomic mass is 16.6. The third-order valence-electron chi connectivity index (χ3n) is 7.77. The first-order valence-corrected chi connectivity index (χ1v) is 14.7. The van der Waals surface area contributed by atoms with Gasteiger partial charge in [0.15, 0.2) is 0 Å². The molecule has 1 fully saturated rings. The molecule has 2 aromatic rings. The summed E-state index contributed by atoms with van der Waals surface area (Å²) in [7, 11) is 0. The lowest BCUT2D eigenvalue weighted by atomic mass is 10.0. The van der Waals surface area contributed by atoms with E-state index in [2.05, 4.69) is 46.4 Å². The van der Waals surface area contributed by atoms with E-state index in [4.69, 9.17) is 19.2 Å². The zero-order chi connectivity index (χ0) is 29.9. The number of aromatic nitrogens is 2. The molecule has 0 spiro atoms. The third-order valence-corrected chi connectivity index (χ3v) is 7.77. The number of carbonyl (C=O) groups excluding carboxylic acids is 2. The molecule has 0 saturated carbocycles. The number of piperazine rings is 1. The van der Waals surface area contributed by atoms with Gasteiger partial charge in [0, 0.05) is 38.4 Å². The summed E-state index contributed by atoms with van der Waals surface area (Å²) in [4.78, 5) is 40.3. The van der Waals surface area contributed by atoms with Crippen molar-refractivity contribution in [1.29, 1.82) is 0 Å². The van der Waals surface area contributed by atoms with E-state index in [0.29, 0.717) is 44.5 Å². The Balaban J connectivity index is 1.35. The molecule has 2 amide bonds. The van der Waals surface area contributed by atoms with Crippen LogP contribution in [0.15, 0.2) is 42.6 Å². The quantitative estimate of drug-likeness (QED) is 0.464. The molecule has 11 nitrogen and oxygen atoms in total. The molecular formula is C31H42N6O5. The van der Waals surface area contributed by atoms with Gasteiger partial charge in [0.05, 0.1) is 30.9 Å². The lowest BCUT2D eigenvalue weighted by Crippen LogP contribution is -2.51. The maximum atomic E-state index is 12.7. The predicted molar refractivity (Wildman–Crippen MR) is 159 cm³/mol. The Morgan fingerprint density at radius 2 is 1.76 bits per heavy atom. The summed E-state index contributed by atoms with van der Waals surface area (Å²) in [6, 6.07) is 8.34. The highest BCUT2D eigenvalue weighted by Gasteiger charge is 2.32. The van der Waals surface area contributed by atoms with Crippen molar-refractivity contribution in [2.24, 2.45) is 0 Å². The van der Waals surface area contributed by atoms with Crippen LogP contribution in [0.3, 0.4) is 0 Å². The molecule has 11 heteroatoms. The molecule has 3 atom stereocenters. The van der Waals surface area contributed by atoms with Crippen molar-refractivity contribution < 1.29 is 23.8 Å². The van der Waals surface area contributed by atoms with E-state index in [1.54, 1.807) is 16.0 Å². The Bertz CT molecular complexity index is 1290. The first kappa shape index (κ1) is 29.8. The van der Waals surface area contributed by atoms with Crippen molar-refractivity contribution in [2.45, 2.75) is 71.4 Å². The van der Waals surface area contributed by atoms with Crippen molar-refractivity contribution in [3.05, 3.63) is 59.3 Å². The molecule has 226 valence electrons. The summed E-state index contributed by atoms with van der Waals surface area (Å²) in [5.74, 6) is 1.04. The first-order chi connectivity index (χ1) is 20.1. The van der Waals surface area contributed by atoms with Gasteiger partial charge in [-0.3, -0.25) is 9.80 Å². The van der Waals surface area contributed by atoms with E-state index in [9.17, 15) is 9.59 Å². The fraction of sp³-hybridized carbons (Fsp3) is 0.548. The number of nitrogens with one attached hydrogen (secondary N) is 1. The monoisotopic (exact) mass is 578 g/mol. The predicted octanol–water partition coefficient (Wildman–Crippen LogP) is 5.07. The van der Waals surface area contributed by atoms with Crippen LogP contribution in [-0.4, -0.2) is 83.0 Å². The van der Waals surface area contributed by atoms with Gasteiger partial charge in [0.25, 0.3) is 0 Å². The number of hydrogen-bond acceptors (Lipinski definition) is 9. The van der Waals surface area contributed by atoms with E-state index >= 15 is 0 Å². The van der Waals surface area contributed by atoms with Crippen molar-refractivity contribution >= 4 is 24.0 Å². The normalized spacial score (nSPS) is 24.7. The van der Waals surface area contributed by atoms with E-state index in [0.717, 1.165) is 29.8 Å². The minimum Gasteiger partial charge on any atom is -0.444 e. The van der Waals surface area contributed by atoms with Crippen LogP contribution in [0.1, 0.15) is 69.8 Å². The lowest BCUT2D eigenvalue weighted by Gasteiger charge is -2.39. The van der Waals surface area contributed by atoms with Crippen molar-refractivity contribution in [1.82, 2.24) is 19.8 Å². The van der Waals surface area contributed by atoms with Gasteiger partial charge in [-0.2, -0.15) is 4.98 Å². The number of cyclic esters (lactones) is 1. The molecule has 1 aromatic heterocycles. The van der Waals surface area contributed by atoms with Crippen LogP contribution in [0.4, 0.5) is 21.4 Å². The van der Waals surface area contributed by atoms with Gasteiger partial charge in [-0.1, -0.05) is 36.4 Å². The average Bonchev–Trinajstić information content (AvgIpc) is 2.95. The van der Waals surface area contributed by atoms with Crippen LogP contribution in [0.5, 0.6) is 0 Å². The average molecular weight is 579 g/mol.